The first-order chi connectivity index (χ1) is 20.6. The average Bonchev–Trinajstić information content (AvgIpc) is 3.35. The van der Waals surface area contributed by atoms with Gasteiger partial charge in [0.1, 0.15) is 18.3 Å². The number of amides is 1. The molecule has 1 heterocycles. The third-order valence-corrected chi connectivity index (χ3v) is 8.02. The molecule has 1 amide bonds. The fourth-order valence-corrected chi connectivity index (χ4v) is 5.36. The lowest BCUT2D eigenvalue weighted by Gasteiger charge is -2.16. The quantitative estimate of drug-likeness (QED) is 0.380. The van der Waals surface area contributed by atoms with Crippen LogP contribution >= 0.6 is 23.4 Å². The molecule has 0 spiro atoms. The monoisotopic (exact) mass is 626 g/mol. The molecular weight excluding hydrogens is 591 g/mol. The van der Waals surface area contributed by atoms with Gasteiger partial charge in [0.2, 0.25) is 5.43 Å². The number of aliphatic hydroxyl groups is 1. The fraction of sp³-hybridized carbons (Fsp3) is 0.273. The lowest BCUT2D eigenvalue weighted by Crippen LogP contribution is -2.45. The van der Waals surface area contributed by atoms with Crippen molar-refractivity contribution in [3.05, 3.63) is 108 Å². The summed E-state index contributed by atoms with van der Waals surface area (Å²) < 4.78 is 26.9. The van der Waals surface area contributed by atoms with E-state index in [1.165, 1.54) is 6.07 Å². The first-order valence-electron chi connectivity index (χ1n) is 13.7. The highest BCUT2D eigenvalue weighted by Gasteiger charge is 2.19. The van der Waals surface area contributed by atoms with E-state index < -0.39 is 0 Å². The van der Waals surface area contributed by atoms with Crippen LogP contribution in [0.4, 0.5) is 9.18 Å². The molecule has 2 aliphatic rings. The Kier molecular flexibility index (Phi) is 12.7. The number of nitrogens with one attached hydrogen (secondary N) is 1. The zero-order valence-electron chi connectivity index (χ0n) is 24.9. The second-order valence-corrected chi connectivity index (χ2v) is 11.0. The molecule has 10 heteroatoms. The molecule has 7 nitrogen and oxygen atoms in total. The standard InChI is InChI=1S/C19H18FNO2.C14H18ClNO3S/c1-3-23-19-17(13-9-7-8-11-15(13)20)21(2)16-12-6-4-5-10-14(16)18(19)22;1-9(10(2)20-14(18)16-8-17)11-4-6-12(15)13(19-3)7-5-11/h4,6-12H,3,5H2,1-2H3;4-5,7,17H,6,8H2,1-3H3,(H,16,18)/b;10-9+. The third-order valence-electron chi connectivity index (χ3n) is 6.74. The number of halogens is 2. The second kappa shape index (κ2) is 16.2. The smallest absolute Gasteiger partial charge is 0.285 e. The number of pyridine rings is 1. The fourth-order valence-electron chi connectivity index (χ4n) is 4.46. The Morgan fingerprint density at radius 1 is 1.21 bits per heavy atom. The number of carbonyl (C=O) groups is 1. The molecule has 0 radical (unpaired) electrons. The second-order valence-electron chi connectivity index (χ2n) is 9.39. The van der Waals surface area contributed by atoms with Crippen LogP contribution < -0.4 is 26.1 Å². The number of fused-ring (bicyclic) bond motifs is 1. The van der Waals surface area contributed by atoms with Gasteiger partial charge in [-0.2, -0.15) is 0 Å². The molecule has 2 aromatic rings. The molecule has 0 saturated carbocycles. The van der Waals surface area contributed by atoms with Crippen molar-refractivity contribution in [1.82, 2.24) is 9.88 Å². The maximum absolute atomic E-state index is 14.3. The van der Waals surface area contributed by atoms with E-state index >= 15 is 0 Å². The minimum atomic E-state index is -0.378. The summed E-state index contributed by atoms with van der Waals surface area (Å²) in [6.07, 6.45) is 14.6. The van der Waals surface area contributed by atoms with Crippen LogP contribution in [0.25, 0.3) is 23.4 Å². The molecule has 0 aliphatic heterocycles. The molecule has 4 rings (SSSR count). The molecule has 0 saturated heterocycles. The van der Waals surface area contributed by atoms with Crippen LogP contribution in [0, 0.1) is 5.82 Å². The number of benzene rings is 1. The lowest BCUT2D eigenvalue weighted by molar-refractivity contribution is 0.236. The van der Waals surface area contributed by atoms with Gasteiger partial charge < -0.3 is 24.5 Å². The summed E-state index contributed by atoms with van der Waals surface area (Å²) in [5.41, 5.74) is 2.62. The van der Waals surface area contributed by atoms with E-state index in [1.807, 2.05) is 74.9 Å². The highest BCUT2D eigenvalue weighted by Crippen LogP contribution is 2.30. The van der Waals surface area contributed by atoms with Crippen molar-refractivity contribution in [2.24, 2.45) is 7.05 Å². The normalized spacial score (nSPS) is 14.5. The van der Waals surface area contributed by atoms with E-state index in [1.54, 1.807) is 25.3 Å². The van der Waals surface area contributed by atoms with Crippen LogP contribution in [0.15, 0.2) is 86.3 Å². The Hall–Kier alpha value is -3.79. The number of aromatic nitrogens is 1. The zero-order chi connectivity index (χ0) is 31.5. The number of hydrogen-bond acceptors (Lipinski definition) is 6. The van der Waals surface area contributed by atoms with Crippen LogP contribution in [0.2, 0.25) is 0 Å². The van der Waals surface area contributed by atoms with Crippen molar-refractivity contribution in [2.75, 3.05) is 20.4 Å². The number of allylic oxidation sites excluding steroid dienone is 9. The molecule has 0 fully saturated rings. The van der Waals surface area contributed by atoms with Gasteiger partial charge in [-0.15, -0.1) is 0 Å². The van der Waals surface area contributed by atoms with E-state index in [0.717, 1.165) is 33.2 Å². The number of rotatable bonds is 7. The van der Waals surface area contributed by atoms with Gasteiger partial charge in [0, 0.05) is 24.3 Å². The van der Waals surface area contributed by atoms with Crippen LogP contribution in [-0.4, -0.2) is 35.4 Å². The third kappa shape index (κ3) is 8.40. The van der Waals surface area contributed by atoms with Gasteiger partial charge in [-0.1, -0.05) is 54.1 Å². The molecule has 0 bridgehead atoms. The summed E-state index contributed by atoms with van der Waals surface area (Å²) in [4.78, 5) is 25.2. The number of nitrogens with zero attached hydrogens (tertiary/aromatic N) is 1. The molecule has 1 aromatic carbocycles. The van der Waals surface area contributed by atoms with E-state index in [0.29, 0.717) is 46.7 Å². The molecule has 228 valence electrons. The van der Waals surface area contributed by atoms with E-state index in [-0.39, 0.29) is 29.0 Å². The highest BCUT2D eigenvalue weighted by molar-refractivity contribution is 8.16. The van der Waals surface area contributed by atoms with Gasteiger partial charge in [0.15, 0.2) is 5.75 Å². The minimum absolute atomic E-state index is 0.196. The van der Waals surface area contributed by atoms with Crippen molar-refractivity contribution in [3.8, 4) is 17.0 Å². The van der Waals surface area contributed by atoms with Gasteiger partial charge >= 0.3 is 0 Å². The number of hydrogen-bond donors (Lipinski definition) is 2. The van der Waals surface area contributed by atoms with Crippen LogP contribution in [0.1, 0.15) is 33.6 Å². The molecule has 2 N–H and O–H groups in total. The van der Waals surface area contributed by atoms with Crippen molar-refractivity contribution >= 4 is 40.8 Å². The summed E-state index contributed by atoms with van der Waals surface area (Å²) >= 11 is 7.17. The number of ether oxygens (including phenoxy) is 2. The van der Waals surface area contributed by atoms with Crippen molar-refractivity contribution in [1.29, 1.82) is 0 Å². The summed E-state index contributed by atoms with van der Waals surface area (Å²) in [5, 5.41) is 12.7. The van der Waals surface area contributed by atoms with Gasteiger partial charge in [-0.25, -0.2) is 4.39 Å². The highest BCUT2D eigenvalue weighted by atomic mass is 35.5. The Balaban J connectivity index is 0.000000238. The average molecular weight is 627 g/mol. The van der Waals surface area contributed by atoms with Crippen LogP contribution in [-0.2, 0) is 11.8 Å². The predicted molar refractivity (Wildman–Crippen MR) is 173 cm³/mol. The maximum atomic E-state index is 14.3. The molecule has 2 aliphatic carbocycles. The Morgan fingerprint density at radius 3 is 2.63 bits per heavy atom. The van der Waals surface area contributed by atoms with Crippen LogP contribution in [0.3, 0.4) is 0 Å². The number of carbonyl (C=O) groups excluding carboxylic acids is 1. The first-order valence-corrected chi connectivity index (χ1v) is 14.9. The Bertz CT molecular complexity index is 1700. The zero-order valence-corrected chi connectivity index (χ0v) is 26.4. The minimum Gasteiger partial charge on any atom is -0.496 e. The van der Waals surface area contributed by atoms with Gasteiger partial charge in [-0.3, -0.25) is 9.59 Å². The SMILES string of the molecule is CCOc1c(-c2ccccc2F)n(C)c2c(c1=O)=CCC=CC=2.COC1=C(Cl)CC=C(/C(C)=C(\C)SC(=O)NCO)C=C1. The summed E-state index contributed by atoms with van der Waals surface area (Å²) in [6, 6.07) is 6.43. The summed E-state index contributed by atoms with van der Waals surface area (Å²) in [6.45, 7) is 5.60. The molecule has 0 atom stereocenters. The number of methoxy groups -OCH3 is 1. The van der Waals surface area contributed by atoms with Crippen molar-refractivity contribution < 1.29 is 23.8 Å². The number of thioether (sulfide) groups is 1. The first kappa shape index (κ1) is 33.7. The molecule has 0 unspecified atom stereocenters. The van der Waals surface area contributed by atoms with E-state index in [2.05, 4.69) is 5.32 Å². The number of aliphatic hydroxyl groups excluding tert-OH is 1. The lowest BCUT2D eigenvalue weighted by atomic mass is 10.1. The Labute approximate surface area is 260 Å². The summed E-state index contributed by atoms with van der Waals surface area (Å²) in [5.74, 6) is 0.469. The van der Waals surface area contributed by atoms with E-state index in [4.69, 9.17) is 26.2 Å². The van der Waals surface area contributed by atoms with Crippen molar-refractivity contribution in [2.45, 2.75) is 33.6 Å². The predicted octanol–water partition coefficient (Wildman–Crippen LogP) is 5.77. The van der Waals surface area contributed by atoms with Gasteiger partial charge in [0.05, 0.1) is 29.8 Å². The van der Waals surface area contributed by atoms with E-state index in [9.17, 15) is 14.0 Å². The molecular formula is C33H36ClFN2O5S. The molecule has 1 aromatic heterocycles. The van der Waals surface area contributed by atoms with Gasteiger partial charge in [0.25, 0.3) is 5.24 Å². The van der Waals surface area contributed by atoms with Crippen LogP contribution in [0.5, 0.6) is 5.75 Å². The Morgan fingerprint density at radius 2 is 1.95 bits per heavy atom. The summed E-state index contributed by atoms with van der Waals surface area (Å²) in [7, 11) is 3.40. The van der Waals surface area contributed by atoms with Crippen molar-refractivity contribution in [3.63, 3.8) is 0 Å². The molecule has 43 heavy (non-hydrogen) atoms. The largest absolute Gasteiger partial charge is 0.496 e. The van der Waals surface area contributed by atoms with Gasteiger partial charge in [-0.05, 0) is 79.3 Å². The maximum Gasteiger partial charge on any atom is 0.285 e. The topological polar surface area (TPSA) is 89.8 Å².